The van der Waals surface area contributed by atoms with Crippen molar-refractivity contribution in [2.45, 2.75) is 46.1 Å². The van der Waals surface area contributed by atoms with Gasteiger partial charge in [0.05, 0.1) is 11.9 Å². The number of halogens is 1. The predicted molar refractivity (Wildman–Crippen MR) is 120 cm³/mol. The molecule has 158 valence electrons. The van der Waals surface area contributed by atoms with Gasteiger partial charge in [-0.25, -0.2) is 8.42 Å². The lowest BCUT2D eigenvalue weighted by Crippen LogP contribution is -2.49. The summed E-state index contributed by atoms with van der Waals surface area (Å²) in [6.07, 6.45) is 3.08. The van der Waals surface area contributed by atoms with E-state index in [1.807, 2.05) is 13.8 Å². The number of rotatable bonds is 9. The fourth-order valence-corrected chi connectivity index (χ4v) is 4.53. The van der Waals surface area contributed by atoms with Crippen LogP contribution in [0.25, 0.3) is 0 Å². The van der Waals surface area contributed by atoms with Crippen LogP contribution in [0.1, 0.15) is 36.5 Å². The summed E-state index contributed by atoms with van der Waals surface area (Å²) in [5.41, 5.74) is 3.66. The van der Waals surface area contributed by atoms with Crippen LogP contribution in [0.3, 0.4) is 0 Å². The van der Waals surface area contributed by atoms with E-state index in [9.17, 15) is 13.2 Å². The Kier molecular flexibility index (Phi) is 8.11. The van der Waals surface area contributed by atoms with E-state index in [0.29, 0.717) is 23.7 Å². The van der Waals surface area contributed by atoms with Crippen LogP contribution < -0.4 is 9.62 Å². The lowest BCUT2D eigenvalue weighted by molar-refractivity contribution is -0.122. The van der Waals surface area contributed by atoms with Crippen molar-refractivity contribution in [1.82, 2.24) is 5.32 Å². The first-order valence-electron chi connectivity index (χ1n) is 9.72. The average molecular weight is 437 g/mol. The van der Waals surface area contributed by atoms with Crippen molar-refractivity contribution in [2.75, 3.05) is 17.1 Å². The summed E-state index contributed by atoms with van der Waals surface area (Å²) < 4.78 is 26.1. The lowest BCUT2D eigenvalue weighted by Gasteiger charge is -2.30. The number of amides is 1. The second kappa shape index (κ2) is 10.1. The molecule has 1 amide bonds. The minimum Gasteiger partial charge on any atom is -0.354 e. The SMILES string of the molecule is CC[C@@H](C(=O)NCCCc1ccc(C)cc1)N(c1ccc(C)c(Cl)c1)S(C)(=O)=O. The largest absolute Gasteiger partial charge is 0.354 e. The molecule has 0 unspecified atom stereocenters. The van der Waals surface area contributed by atoms with E-state index in [-0.39, 0.29) is 5.91 Å². The highest BCUT2D eigenvalue weighted by Crippen LogP contribution is 2.27. The second-order valence-electron chi connectivity index (χ2n) is 7.30. The van der Waals surface area contributed by atoms with Gasteiger partial charge in [0.1, 0.15) is 6.04 Å². The Hall–Kier alpha value is -2.05. The Balaban J connectivity index is 2.07. The third-order valence-corrected chi connectivity index (χ3v) is 6.39. The molecule has 0 aliphatic heterocycles. The number of hydrogen-bond acceptors (Lipinski definition) is 3. The van der Waals surface area contributed by atoms with Gasteiger partial charge < -0.3 is 5.32 Å². The summed E-state index contributed by atoms with van der Waals surface area (Å²) in [6.45, 7) is 6.17. The van der Waals surface area contributed by atoms with Crippen molar-refractivity contribution in [3.8, 4) is 0 Å². The van der Waals surface area contributed by atoms with Crippen LogP contribution >= 0.6 is 11.6 Å². The molecule has 0 fully saturated rings. The molecule has 0 aliphatic rings. The minimum absolute atomic E-state index is 0.307. The Morgan fingerprint density at radius 2 is 1.79 bits per heavy atom. The quantitative estimate of drug-likeness (QED) is 0.597. The molecule has 7 heteroatoms. The van der Waals surface area contributed by atoms with Gasteiger partial charge in [-0.15, -0.1) is 0 Å². The number of hydrogen-bond donors (Lipinski definition) is 1. The number of nitrogens with one attached hydrogen (secondary N) is 1. The monoisotopic (exact) mass is 436 g/mol. The molecule has 1 N–H and O–H groups in total. The summed E-state index contributed by atoms with van der Waals surface area (Å²) >= 11 is 6.18. The normalized spacial score (nSPS) is 12.4. The zero-order valence-corrected chi connectivity index (χ0v) is 19.0. The van der Waals surface area contributed by atoms with Crippen LogP contribution in [-0.2, 0) is 21.2 Å². The Morgan fingerprint density at radius 1 is 1.14 bits per heavy atom. The van der Waals surface area contributed by atoms with E-state index >= 15 is 0 Å². The van der Waals surface area contributed by atoms with Crippen LogP contribution in [0.4, 0.5) is 5.69 Å². The van der Waals surface area contributed by atoms with Gasteiger partial charge in [0.25, 0.3) is 0 Å². The second-order valence-corrected chi connectivity index (χ2v) is 9.56. The first-order chi connectivity index (χ1) is 13.6. The number of sulfonamides is 1. The third kappa shape index (κ3) is 6.47. The number of carbonyl (C=O) groups excluding carboxylic acids is 1. The van der Waals surface area contributed by atoms with E-state index in [1.165, 1.54) is 11.1 Å². The van der Waals surface area contributed by atoms with E-state index in [2.05, 4.69) is 29.6 Å². The molecular weight excluding hydrogens is 408 g/mol. The molecule has 5 nitrogen and oxygen atoms in total. The molecule has 2 aromatic rings. The lowest BCUT2D eigenvalue weighted by atomic mass is 10.1. The zero-order chi connectivity index (χ0) is 21.6. The molecule has 29 heavy (non-hydrogen) atoms. The number of benzene rings is 2. The fourth-order valence-electron chi connectivity index (χ4n) is 3.16. The fraction of sp³-hybridized carbons (Fsp3) is 0.409. The van der Waals surface area contributed by atoms with Crippen LogP contribution in [0.2, 0.25) is 5.02 Å². The Labute approximate surface area is 179 Å². The Morgan fingerprint density at radius 3 is 2.34 bits per heavy atom. The molecule has 0 radical (unpaired) electrons. The maximum atomic E-state index is 12.8. The Bertz CT molecular complexity index is 943. The van der Waals surface area contributed by atoms with Gasteiger partial charge in [-0.3, -0.25) is 9.10 Å². The van der Waals surface area contributed by atoms with Gasteiger partial charge in [-0.2, -0.15) is 0 Å². The summed E-state index contributed by atoms with van der Waals surface area (Å²) in [6, 6.07) is 12.5. The van der Waals surface area contributed by atoms with Crippen molar-refractivity contribution < 1.29 is 13.2 Å². The molecule has 0 bridgehead atoms. The third-order valence-electron chi connectivity index (χ3n) is 4.80. The predicted octanol–water partition coefficient (Wildman–Crippen LogP) is 4.25. The van der Waals surface area contributed by atoms with Gasteiger partial charge in [0.2, 0.25) is 15.9 Å². The minimum atomic E-state index is -3.67. The van der Waals surface area contributed by atoms with Crippen LogP contribution in [0, 0.1) is 13.8 Å². The van der Waals surface area contributed by atoms with Gasteiger partial charge in [0, 0.05) is 11.6 Å². The van der Waals surface area contributed by atoms with E-state index in [1.54, 1.807) is 25.1 Å². The first kappa shape index (κ1) is 23.2. The molecule has 0 aromatic heterocycles. The van der Waals surface area contributed by atoms with Gasteiger partial charge in [0.15, 0.2) is 0 Å². The van der Waals surface area contributed by atoms with E-state index < -0.39 is 16.1 Å². The highest BCUT2D eigenvalue weighted by atomic mass is 35.5. The van der Waals surface area contributed by atoms with Crippen LogP contribution in [0.5, 0.6) is 0 Å². The summed E-state index contributed by atoms with van der Waals surface area (Å²) in [5.74, 6) is -0.307. The molecule has 0 saturated carbocycles. The summed E-state index contributed by atoms with van der Waals surface area (Å²) in [4.78, 5) is 12.8. The van der Waals surface area contributed by atoms with Crippen molar-refractivity contribution in [3.05, 3.63) is 64.2 Å². The molecular formula is C22H29ClN2O3S. The van der Waals surface area contributed by atoms with Gasteiger partial charge in [-0.1, -0.05) is 54.4 Å². The van der Waals surface area contributed by atoms with E-state index in [4.69, 9.17) is 11.6 Å². The molecule has 0 aliphatic carbocycles. The van der Waals surface area contributed by atoms with Crippen molar-refractivity contribution in [1.29, 1.82) is 0 Å². The number of nitrogens with zero attached hydrogens (tertiary/aromatic N) is 1. The smallest absolute Gasteiger partial charge is 0.243 e. The molecule has 2 rings (SSSR count). The summed E-state index contributed by atoms with van der Waals surface area (Å²) in [7, 11) is -3.67. The number of carbonyl (C=O) groups is 1. The highest BCUT2D eigenvalue weighted by molar-refractivity contribution is 7.92. The standard InChI is InChI=1S/C22H29ClN2O3S/c1-5-21(22(26)24-14-6-7-18-11-8-16(2)9-12-18)25(29(4,27)28)19-13-10-17(3)20(23)15-19/h8-13,15,21H,5-7,14H2,1-4H3,(H,24,26)/t21-/m0/s1. The zero-order valence-electron chi connectivity index (χ0n) is 17.4. The average Bonchev–Trinajstić information content (AvgIpc) is 2.66. The molecule has 0 spiro atoms. The maximum Gasteiger partial charge on any atom is 0.243 e. The molecule has 0 saturated heterocycles. The van der Waals surface area contributed by atoms with Gasteiger partial charge >= 0.3 is 0 Å². The van der Waals surface area contributed by atoms with Gasteiger partial charge in [-0.05, 0) is 56.4 Å². The molecule has 0 heterocycles. The number of aryl methyl sites for hydroxylation is 3. The first-order valence-corrected chi connectivity index (χ1v) is 11.9. The van der Waals surface area contributed by atoms with Crippen molar-refractivity contribution in [2.24, 2.45) is 0 Å². The van der Waals surface area contributed by atoms with Crippen LogP contribution in [-0.4, -0.2) is 33.2 Å². The topological polar surface area (TPSA) is 66.5 Å². The van der Waals surface area contributed by atoms with Crippen LogP contribution in [0.15, 0.2) is 42.5 Å². The van der Waals surface area contributed by atoms with Crippen molar-refractivity contribution in [3.63, 3.8) is 0 Å². The van der Waals surface area contributed by atoms with E-state index in [0.717, 1.165) is 29.0 Å². The number of anilines is 1. The maximum absolute atomic E-state index is 12.8. The highest BCUT2D eigenvalue weighted by Gasteiger charge is 2.31. The molecule has 1 atom stereocenters. The van der Waals surface area contributed by atoms with Crippen molar-refractivity contribution >= 4 is 33.2 Å². The summed E-state index contributed by atoms with van der Waals surface area (Å²) in [5, 5.41) is 3.35. The molecule has 2 aromatic carbocycles.